The highest BCUT2D eigenvalue weighted by atomic mass is 16.5. The molecule has 0 saturated carbocycles. The standard InChI is InChI=1S/C23H29NO6/c1-15(2)14-29-20-11-8-18(12-21(20)28-5)23(26)30-16(3)22(25)24-13-17-6-9-19(27-4)10-7-17/h6-12,15-16H,13-14H2,1-5H3,(H,24,25)/t16-/m0/s1. The zero-order chi connectivity index (χ0) is 22.1. The summed E-state index contributed by atoms with van der Waals surface area (Å²) in [6, 6.07) is 12.1. The van der Waals surface area contributed by atoms with Crippen molar-refractivity contribution in [1.29, 1.82) is 0 Å². The lowest BCUT2D eigenvalue weighted by Gasteiger charge is -2.15. The number of hydrogen-bond donors (Lipinski definition) is 1. The Kier molecular flexibility index (Phi) is 8.53. The molecule has 0 bridgehead atoms. The molecule has 2 aromatic carbocycles. The molecule has 0 fully saturated rings. The summed E-state index contributed by atoms with van der Waals surface area (Å²) in [7, 11) is 3.09. The van der Waals surface area contributed by atoms with E-state index < -0.39 is 12.1 Å². The van der Waals surface area contributed by atoms with Crippen LogP contribution in [0.1, 0.15) is 36.7 Å². The van der Waals surface area contributed by atoms with Gasteiger partial charge >= 0.3 is 5.97 Å². The molecule has 30 heavy (non-hydrogen) atoms. The summed E-state index contributed by atoms with van der Waals surface area (Å²) in [5.74, 6) is 1.08. The second kappa shape index (κ2) is 11.1. The van der Waals surface area contributed by atoms with E-state index in [1.807, 2.05) is 38.1 Å². The van der Waals surface area contributed by atoms with Crippen molar-refractivity contribution in [3.8, 4) is 17.2 Å². The average molecular weight is 415 g/mol. The van der Waals surface area contributed by atoms with Crippen molar-refractivity contribution >= 4 is 11.9 Å². The van der Waals surface area contributed by atoms with Gasteiger partial charge in [-0.05, 0) is 48.7 Å². The fraction of sp³-hybridized carbons (Fsp3) is 0.391. The van der Waals surface area contributed by atoms with Crippen LogP contribution < -0.4 is 19.5 Å². The molecule has 0 heterocycles. The number of amides is 1. The van der Waals surface area contributed by atoms with Crippen LogP contribution in [0, 0.1) is 5.92 Å². The number of carbonyl (C=O) groups excluding carboxylic acids is 2. The Labute approximate surface area is 177 Å². The number of esters is 1. The van der Waals surface area contributed by atoms with Gasteiger partial charge in [-0.1, -0.05) is 26.0 Å². The third kappa shape index (κ3) is 6.69. The van der Waals surface area contributed by atoms with Crippen LogP contribution >= 0.6 is 0 Å². The first-order valence-corrected chi connectivity index (χ1v) is 9.76. The fourth-order valence-electron chi connectivity index (χ4n) is 2.53. The van der Waals surface area contributed by atoms with Crippen molar-refractivity contribution in [2.24, 2.45) is 5.92 Å². The summed E-state index contributed by atoms with van der Waals surface area (Å²) in [5.41, 5.74) is 1.18. The molecule has 7 heteroatoms. The third-order valence-electron chi connectivity index (χ3n) is 4.25. The van der Waals surface area contributed by atoms with E-state index in [-0.39, 0.29) is 11.5 Å². The molecule has 0 radical (unpaired) electrons. The van der Waals surface area contributed by atoms with Crippen LogP contribution in [0.3, 0.4) is 0 Å². The van der Waals surface area contributed by atoms with E-state index in [1.54, 1.807) is 25.3 Å². The zero-order valence-corrected chi connectivity index (χ0v) is 18.1. The molecule has 1 amide bonds. The summed E-state index contributed by atoms with van der Waals surface area (Å²) in [6.45, 7) is 6.46. The van der Waals surface area contributed by atoms with Gasteiger partial charge in [0.05, 0.1) is 26.4 Å². The number of methoxy groups -OCH3 is 2. The van der Waals surface area contributed by atoms with E-state index in [2.05, 4.69) is 5.32 Å². The summed E-state index contributed by atoms with van der Waals surface area (Å²) in [5, 5.41) is 2.75. The first-order chi connectivity index (χ1) is 14.3. The minimum Gasteiger partial charge on any atom is -0.497 e. The van der Waals surface area contributed by atoms with Crippen molar-refractivity contribution in [3.05, 3.63) is 53.6 Å². The van der Waals surface area contributed by atoms with Crippen LogP contribution in [0.15, 0.2) is 42.5 Å². The highest BCUT2D eigenvalue weighted by molar-refractivity contribution is 5.92. The molecule has 7 nitrogen and oxygen atoms in total. The molecule has 0 aliphatic heterocycles. The molecule has 0 saturated heterocycles. The smallest absolute Gasteiger partial charge is 0.339 e. The van der Waals surface area contributed by atoms with Crippen LogP contribution in [0.2, 0.25) is 0 Å². The van der Waals surface area contributed by atoms with Gasteiger partial charge < -0.3 is 24.3 Å². The summed E-state index contributed by atoms with van der Waals surface area (Å²) in [6.07, 6.45) is -0.946. The number of rotatable bonds is 10. The van der Waals surface area contributed by atoms with Crippen LogP contribution in [-0.2, 0) is 16.1 Å². The largest absolute Gasteiger partial charge is 0.497 e. The van der Waals surface area contributed by atoms with Crippen LogP contribution in [0.25, 0.3) is 0 Å². The lowest BCUT2D eigenvalue weighted by molar-refractivity contribution is -0.129. The first-order valence-electron chi connectivity index (χ1n) is 9.76. The average Bonchev–Trinajstić information content (AvgIpc) is 2.75. The van der Waals surface area contributed by atoms with Crippen LogP contribution in [0.4, 0.5) is 0 Å². The predicted octanol–water partition coefficient (Wildman–Crippen LogP) is 3.60. The zero-order valence-electron chi connectivity index (χ0n) is 18.1. The molecular formula is C23H29NO6. The molecule has 162 valence electrons. The molecule has 1 atom stereocenters. The predicted molar refractivity (Wildman–Crippen MR) is 113 cm³/mol. The van der Waals surface area contributed by atoms with E-state index in [4.69, 9.17) is 18.9 Å². The van der Waals surface area contributed by atoms with Gasteiger partial charge in [0, 0.05) is 6.54 Å². The molecule has 2 rings (SSSR count). The molecule has 0 unspecified atom stereocenters. The number of nitrogens with one attached hydrogen (secondary N) is 1. The van der Waals surface area contributed by atoms with Gasteiger partial charge in [0.15, 0.2) is 17.6 Å². The van der Waals surface area contributed by atoms with Crippen LogP contribution in [-0.4, -0.2) is 38.8 Å². The van der Waals surface area contributed by atoms with Crippen molar-refractivity contribution in [1.82, 2.24) is 5.32 Å². The van der Waals surface area contributed by atoms with Gasteiger partial charge in [-0.2, -0.15) is 0 Å². The van der Waals surface area contributed by atoms with Gasteiger partial charge in [0.1, 0.15) is 5.75 Å². The number of ether oxygens (including phenoxy) is 4. The van der Waals surface area contributed by atoms with E-state index in [9.17, 15) is 9.59 Å². The summed E-state index contributed by atoms with van der Waals surface area (Å²) >= 11 is 0. The Bertz CT molecular complexity index is 847. The lowest BCUT2D eigenvalue weighted by Crippen LogP contribution is -2.35. The van der Waals surface area contributed by atoms with Crippen molar-refractivity contribution < 1.29 is 28.5 Å². The topological polar surface area (TPSA) is 83.1 Å². The van der Waals surface area contributed by atoms with E-state index in [0.717, 1.165) is 11.3 Å². The highest BCUT2D eigenvalue weighted by Gasteiger charge is 2.20. The Morgan fingerprint density at radius 2 is 1.63 bits per heavy atom. The van der Waals surface area contributed by atoms with Gasteiger partial charge in [-0.25, -0.2) is 4.79 Å². The number of carbonyl (C=O) groups is 2. The molecule has 1 N–H and O–H groups in total. The minimum absolute atomic E-state index is 0.276. The molecule has 0 aliphatic carbocycles. The van der Waals surface area contributed by atoms with Gasteiger partial charge in [-0.15, -0.1) is 0 Å². The second-order valence-corrected chi connectivity index (χ2v) is 7.18. The molecule has 0 spiro atoms. The molecule has 0 aliphatic rings. The first kappa shape index (κ1) is 23.1. The third-order valence-corrected chi connectivity index (χ3v) is 4.25. The Hall–Kier alpha value is -3.22. The van der Waals surface area contributed by atoms with Gasteiger partial charge in [-0.3, -0.25) is 4.79 Å². The number of hydrogen-bond acceptors (Lipinski definition) is 6. The normalized spacial score (nSPS) is 11.5. The molecular weight excluding hydrogens is 386 g/mol. The Balaban J connectivity index is 1.92. The van der Waals surface area contributed by atoms with E-state index >= 15 is 0 Å². The van der Waals surface area contributed by atoms with E-state index in [1.165, 1.54) is 14.0 Å². The molecule has 0 aromatic heterocycles. The van der Waals surface area contributed by atoms with Crippen LogP contribution in [0.5, 0.6) is 17.2 Å². The van der Waals surface area contributed by atoms with Crippen molar-refractivity contribution in [2.75, 3.05) is 20.8 Å². The SMILES string of the molecule is COc1ccc(CNC(=O)[C@H](C)OC(=O)c2ccc(OCC(C)C)c(OC)c2)cc1. The molecule has 2 aromatic rings. The Morgan fingerprint density at radius 1 is 0.933 bits per heavy atom. The maximum atomic E-state index is 12.4. The summed E-state index contributed by atoms with van der Waals surface area (Å²) < 4.78 is 21.4. The fourth-order valence-corrected chi connectivity index (χ4v) is 2.53. The number of benzene rings is 2. The van der Waals surface area contributed by atoms with Crippen molar-refractivity contribution in [3.63, 3.8) is 0 Å². The maximum absolute atomic E-state index is 12.4. The Morgan fingerprint density at radius 3 is 2.23 bits per heavy atom. The van der Waals surface area contributed by atoms with Gasteiger partial charge in [0.25, 0.3) is 5.91 Å². The monoisotopic (exact) mass is 415 g/mol. The van der Waals surface area contributed by atoms with E-state index in [0.29, 0.717) is 30.6 Å². The summed E-state index contributed by atoms with van der Waals surface area (Å²) in [4.78, 5) is 24.7. The minimum atomic E-state index is -0.946. The maximum Gasteiger partial charge on any atom is 0.339 e. The van der Waals surface area contributed by atoms with Crippen molar-refractivity contribution in [2.45, 2.75) is 33.4 Å². The lowest BCUT2D eigenvalue weighted by atomic mass is 10.2. The quantitative estimate of drug-likeness (QED) is 0.597. The van der Waals surface area contributed by atoms with Gasteiger partial charge in [0.2, 0.25) is 0 Å². The highest BCUT2D eigenvalue weighted by Crippen LogP contribution is 2.29. The second-order valence-electron chi connectivity index (χ2n) is 7.18.